The summed E-state index contributed by atoms with van der Waals surface area (Å²) < 4.78 is 0. The zero-order chi connectivity index (χ0) is 16.9. The molecule has 0 aliphatic rings. The Bertz CT molecular complexity index is 771. The Morgan fingerprint density at radius 3 is 1.43 bits per heavy atom. The van der Waals surface area contributed by atoms with Crippen LogP contribution in [-0.2, 0) is 0 Å². The van der Waals surface area contributed by atoms with Crippen molar-refractivity contribution in [1.29, 1.82) is 0 Å². The Hall–Kier alpha value is -2.42. The molecular weight excluding hydrogens is 294 g/mol. The van der Waals surface area contributed by atoms with Crippen molar-refractivity contribution >= 4 is 13.8 Å². The van der Waals surface area contributed by atoms with Gasteiger partial charge in [-0.25, -0.2) is 0 Å². The number of nitrogens with zero attached hydrogens (tertiary/aromatic N) is 1. The Morgan fingerprint density at radius 1 is 0.652 bits per heavy atom. The number of anilines is 1. The van der Waals surface area contributed by atoms with E-state index in [1.807, 2.05) is 38.4 Å². The van der Waals surface area contributed by atoms with E-state index < -0.39 is 8.07 Å². The first-order chi connectivity index (χ1) is 10.8. The molecule has 0 heterocycles. The molecule has 2 rings (SSSR count). The van der Waals surface area contributed by atoms with Crippen molar-refractivity contribution in [3.8, 4) is 23.3 Å². The molecule has 0 unspecified atom stereocenters. The van der Waals surface area contributed by atoms with Crippen molar-refractivity contribution in [2.45, 2.75) is 19.6 Å². The van der Waals surface area contributed by atoms with Gasteiger partial charge in [0.25, 0.3) is 0 Å². The maximum Gasteiger partial charge on any atom is 0.129 e. The van der Waals surface area contributed by atoms with Crippen LogP contribution < -0.4 is 4.90 Å². The second-order valence-corrected chi connectivity index (χ2v) is 11.5. The Balaban J connectivity index is 2.11. The lowest BCUT2D eigenvalue weighted by Gasteiger charge is -2.11. The van der Waals surface area contributed by atoms with E-state index in [1.54, 1.807) is 0 Å². The second kappa shape index (κ2) is 7.23. The second-order valence-electron chi connectivity index (χ2n) is 6.77. The van der Waals surface area contributed by atoms with Crippen LogP contribution in [0.2, 0.25) is 19.6 Å². The number of hydrogen-bond donors (Lipinski definition) is 0. The van der Waals surface area contributed by atoms with E-state index in [0.717, 1.165) is 16.7 Å². The summed E-state index contributed by atoms with van der Waals surface area (Å²) >= 11 is 0. The Labute approximate surface area is 141 Å². The van der Waals surface area contributed by atoms with E-state index in [4.69, 9.17) is 0 Å². The standard InChI is InChI=1S/C21H23NSi/c1-22(2)21-14-12-19(13-15-21)7-6-18-8-10-20(11-9-18)16-17-23(3,4)5/h8-15H,1-5H3. The van der Waals surface area contributed by atoms with Gasteiger partial charge in [0.2, 0.25) is 0 Å². The van der Waals surface area contributed by atoms with Gasteiger partial charge in [-0.05, 0) is 48.5 Å². The molecule has 0 aliphatic heterocycles. The Morgan fingerprint density at radius 2 is 1.04 bits per heavy atom. The van der Waals surface area contributed by atoms with Crippen LogP contribution in [0, 0.1) is 23.3 Å². The van der Waals surface area contributed by atoms with Crippen LogP contribution in [0.25, 0.3) is 0 Å². The monoisotopic (exact) mass is 317 g/mol. The first kappa shape index (κ1) is 16.9. The van der Waals surface area contributed by atoms with E-state index >= 15 is 0 Å². The van der Waals surface area contributed by atoms with Crippen LogP contribution in [0.15, 0.2) is 48.5 Å². The first-order valence-electron chi connectivity index (χ1n) is 7.76. The van der Waals surface area contributed by atoms with E-state index in [1.165, 1.54) is 5.69 Å². The molecule has 116 valence electrons. The molecule has 0 N–H and O–H groups in total. The fourth-order valence-corrected chi connectivity index (χ4v) is 2.40. The molecule has 0 amide bonds. The molecule has 0 aromatic heterocycles. The molecule has 1 nitrogen and oxygen atoms in total. The highest BCUT2D eigenvalue weighted by atomic mass is 28.3. The zero-order valence-electron chi connectivity index (χ0n) is 14.6. The van der Waals surface area contributed by atoms with Gasteiger partial charge in [-0.3, -0.25) is 0 Å². The fourth-order valence-electron chi connectivity index (χ4n) is 1.88. The van der Waals surface area contributed by atoms with Gasteiger partial charge >= 0.3 is 0 Å². The van der Waals surface area contributed by atoms with Crippen molar-refractivity contribution in [2.24, 2.45) is 0 Å². The molecule has 2 aromatic rings. The summed E-state index contributed by atoms with van der Waals surface area (Å²) in [6, 6.07) is 16.4. The van der Waals surface area contributed by atoms with Gasteiger partial charge in [-0.1, -0.05) is 37.4 Å². The predicted molar refractivity (Wildman–Crippen MR) is 103 cm³/mol. The molecule has 0 radical (unpaired) electrons. The van der Waals surface area contributed by atoms with Gasteiger partial charge in [0.1, 0.15) is 8.07 Å². The quantitative estimate of drug-likeness (QED) is 0.557. The molecular formula is C21H23NSi. The summed E-state index contributed by atoms with van der Waals surface area (Å²) in [5, 5.41) is 0. The third-order valence-electron chi connectivity index (χ3n) is 3.20. The summed E-state index contributed by atoms with van der Waals surface area (Å²) in [4.78, 5) is 2.08. The molecule has 0 fully saturated rings. The van der Waals surface area contributed by atoms with Gasteiger partial charge in [0.15, 0.2) is 0 Å². The normalized spacial score (nSPS) is 10.1. The largest absolute Gasteiger partial charge is 0.378 e. The maximum atomic E-state index is 3.38. The van der Waals surface area contributed by atoms with Crippen molar-refractivity contribution in [1.82, 2.24) is 0 Å². The van der Waals surface area contributed by atoms with Crippen LogP contribution in [0.4, 0.5) is 5.69 Å². The molecule has 23 heavy (non-hydrogen) atoms. The lowest BCUT2D eigenvalue weighted by Crippen LogP contribution is -2.16. The Kier molecular flexibility index (Phi) is 5.32. The molecule has 0 saturated carbocycles. The SMILES string of the molecule is CN(C)c1ccc(C#Cc2ccc(C#C[Si](C)(C)C)cc2)cc1. The van der Waals surface area contributed by atoms with Crippen LogP contribution in [-0.4, -0.2) is 22.2 Å². The third-order valence-corrected chi connectivity index (χ3v) is 4.08. The van der Waals surface area contributed by atoms with Gasteiger partial charge in [-0.15, -0.1) is 5.54 Å². The maximum absolute atomic E-state index is 3.38. The molecule has 2 aromatic carbocycles. The van der Waals surface area contributed by atoms with Gasteiger partial charge < -0.3 is 4.90 Å². The summed E-state index contributed by atoms with van der Waals surface area (Å²) in [6.07, 6.45) is 0. The van der Waals surface area contributed by atoms with Crippen LogP contribution in [0.5, 0.6) is 0 Å². The minimum atomic E-state index is -1.32. The highest BCUT2D eigenvalue weighted by Crippen LogP contribution is 2.11. The van der Waals surface area contributed by atoms with E-state index in [2.05, 4.69) is 72.1 Å². The smallest absolute Gasteiger partial charge is 0.129 e. The average molecular weight is 318 g/mol. The van der Waals surface area contributed by atoms with Gasteiger partial charge in [-0.2, -0.15) is 0 Å². The highest BCUT2D eigenvalue weighted by molar-refractivity contribution is 6.83. The summed E-state index contributed by atoms with van der Waals surface area (Å²) in [7, 11) is 2.75. The molecule has 0 aliphatic carbocycles. The minimum Gasteiger partial charge on any atom is -0.378 e. The van der Waals surface area contributed by atoms with E-state index in [9.17, 15) is 0 Å². The lowest BCUT2D eigenvalue weighted by molar-refractivity contribution is 1.13. The van der Waals surface area contributed by atoms with Crippen molar-refractivity contribution in [3.05, 3.63) is 65.2 Å². The van der Waals surface area contributed by atoms with Gasteiger partial charge in [0.05, 0.1) is 0 Å². The molecule has 0 saturated heterocycles. The highest BCUT2D eigenvalue weighted by Gasteiger charge is 2.07. The number of rotatable bonds is 1. The van der Waals surface area contributed by atoms with E-state index in [0.29, 0.717) is 0 Å². The summed E-state index contributed by atoms with van der Waals surface area (Å²) in [6.45, 7) is 6.75. The lowest BCUT2D eigenvalue weighted by atomic mass is 10.1. The van der Waals surface area contributed by atoms with Crippen LogP contribution in [0.3, 0.4) is 0 Å². The number of benzene rings is 2. The first-order valence-corrected chi connectivity index (χ1v) is 11.3. The number of hydrogen-bond acceptors (Lipinski definition) is 1. The zero-order valence-corrected chi connectivity index (χ0v) is 15.6. The predicted octanol–water partition coefficient (Wildman–Crippen LogP) is 4.38. The van der Waals surface area contributed by atoms with Crippen molar-refractivity contribution in [3.63, 3.8) is 0 Å². The van der Waals surface area contributed by atoms with Crippen molar-refractivity contribution < 1.29 is 0 Å². The fraction of sp³-hybridized carbons (Fsp3) is 0.238. The summed E-state index contributed by atoms with van der Waals surface area (Å²) in [5.74, 6) is 9.67. The average Bonchev–Trinajstić information content (AvgIpc) is 2.51. The van der Waals surface area contributed by atoms with Crippen LogP contribution >= 0.6 is 0 Å². The molecule has 0 bridgehead atoms. The molecule has 0 atom stereocenters. The van der Waals surface area contributed by atoms with Crippen molar-refractivity contribution in [2.75, 3.05) is 19.0 Å². The minimum absolute atomic E-state index is 1.01. The van der Waals surface area contributed by atoms with Gasteiger partial charge in [0, 0.05) is 36.5 Å². The molecule has 0 spiro atoms. The van der Waals surface area contributed by atoms with Crippen LogP contribution in [0.1, 0.15) is 16.7 Å². The summed E-state index contributed by atoms with van der Waals surface area (Å²) in [5.41, 5.74) is 7.66. The van der Waals surface area contributed by atoms with E-state index in [-0.39, 0.29) is 0 Å². The molecule has 2 heteroatoms. The topological polar surface area (TPSA) is 3.24 Å². The third kappa shape index (κ3) is 5.70.